The number of nitrogens with zero attached hydrogens (tertiary/aromatic N) is 2. The number of cyclic esters (lactones) is 1. The lowest BCUT2D eigenvalue weighted by Gasteiger charge is -2.18. The number of carbonyl (C=O) groups excluding carboxylic acids is 2. The highest BCUT2D eigenvalue weighted by Gasteiger charge is 2.31. The summed E-state index contributed by atoms with van der Waals surface area (Å²) in [6.07, 6.45) is 0.659. The second-order valence-corrected chi connectivity index (χ2v) is 5.69. The fourth-order valence-electron chi connectivity index (χ4n) is 2.46. The third-order valence-corrected chi connectivity index (χ3v) is 3.85. The van der Waals surface area contributed by atoms with Crippen molar-refractivity contribution in [3.63, 3.8) is 0 Å². The molecule has 1 saturated heterocycles. The number of benzene rings is 1. The molecular weight excluding hydrogens is 322 g/mol. The van der Waals surface area contributed by atoms with Crippen molar-refractivity contribution in [1.82, 2.24) is 10.3 Å². The first-order valence-electron chi connectivity index (χ1n) is 7.97. The van der Waals surface area contributed by atoms with Gasteiger partial charge >= 0.3 is 6.09 Å². The van der Waals surface area contributed by atoms with Crippen molar-refractivity contribution in [2.75, 3.05) is 25.1 Å². The average Bonchev–Trinajstić information content (AvgIpc) is 2.94. The van der Waals surface area contributed by atoms with E-state index in [1.165, 1.54) is 0 Å². The van der Waals surface area contributed by atoms with E-state index in [1.54, 1.807) is 6.20 Å². The molecule has 7 nitrogen and oxygen atoms in total. The number of pyridine rings is 1. The Balaban J connectivity index is 1.46. The number of rotatable bonds is 7. The van der Waals surface area contributed by atoms with Crippen LogP contribution in [0.25, 0.3) is 0 Å². The number of likely N-dealkylation sites (N-methyl/N-ethyl adjacent to an activating group) is 1. The van der Waals surface area contributed by atoms with Crippen molar-refractivity contribution >= 4 is 17.8 Å². The van der Waals surface area contributed by atoms with Crippen molar-refractivity contribution in [2.24, 2.45) is 0 Å². The fourth-order valence-corrected chi connectivity index (χ4v) is 2.46. The molecule has 25 heavy (non-hydrogen) atoms. The molecule has 2 heterocycles. The Bertz CT molecular complexity index is 734. The van der Waals surface area contributed by atoms with E-state index in [9.17, 15) is 9.59 Å². The number of ether oxygens (including phenoxy) is 2. The lowest BCUT2D eigenvalue weighted by atomic mass is 10.1. The largest absolute Gasteiger partial charge is 0.492 e. The monoisotopic (exact) mass is 341 g/mol. The second kappa shape index (κ2) is 7.65. The first kappa shape index (κ1) is 16.8. The quantitative estimate of drug-likeness (QED) is 0.827. The molecular formula is C18H19N3O4. The summed E-state index contributed by atoms with van der Waals surface area (Å²) in [6, 6.07) is 13.2. The molecule has 1 aliphatic rings. The summed E-state index contributed by atoms with van der Waals surface area (Å²) in [5, 5.41) is 2.12. The zero-order chi connectivity index (χ0) is 17.6. The number of carbonyl (C=O) groups is 2. The van der Waals surface area contributed by atoms with E-state index in [-0.39, 0.29) is 0 Å². The lowest BCUT2D eigenvalue weighted by molar-refractivity contribution is -0.123. The maximum absolute atomic E-state index is 11.5. The number of imide groups is 1. The van der Waals surface area contributed by atoms with Crippen molar-refractivity contribution < 1.29 is 19.1 Å². The lowest BCUT2D eigenvalue weighted by Crippen LogP contribution is -2.25. The van der Waals surface area contributed by atoms with E-state index in [0.29, 0.717) is 19.6 Å². The predicted molar refractivity (Wildman–Crippen MR) is 91.6 cm³/mol. The zero-order valence-corrected chi connectivity index (χ0v) is 13.8. The van der Waals surface area contributed by atoms with Gasteiger partial charge in [-0.3, -0.25) is 10.1 Å². The number of anilines is 1. The van der Waals surface area contributed by atoms with Crippen LogP contribution >= 0.6 is 0 Å². The van der Waals surface area contributed by atoms with Crippen LogP contribution in [0.5, 0.6) is 5.75 Å². The number of nitrogens with one attached hydrogen (secondary N) is 1. The van der Waals surface area contributed by atoms with Crippen LogP contribution in [0.1, 0.15) is 5.56 Å². The maximum Gasteiger partial charge on any atom is 0.414 e. The van der Waals surface area contributed by atoms with Gasteiger partial charge in [0.15, 0.2) is 6.10 Å². The summed E-state index contributed by atoms with van der Waals surface area (Å²) in [5.41, 5.74) is 0.896. The van der Waals surface area contributed by atoms with Crippen LogP contribution in [0.4, 0.5) is 10.6 Å². The number of alkyl carbamates (subject to hydrolysis) is 1. The van der Waals surface area contributed by atoms with Gasteiger partial charge in [0.2, 0.25) is 0 Å². The summed E-state index contributed by atoms with van der Waals surface area (Å²) < 4.78 is 10.6. The van der Waals surface area contributed by atoms with Crippen LogP contribution < -0.4 is 15.0 Å². The molecule has 2 aromatic rings. The summed E-state index contributed by atoms with van der Waals surface area (Å²) >= 11 is 0. The van der Waals surface area contributed by atoms with Gasteiger partial charge in [-0.25, -0.2) is 9.78 Å². The third kappa shape index (κ3) is 4.47. The van der Waals surface area contributed by atoms with Gasteiger partial charge in [0.25, 0.3) is 5.91 Å². The highest BCUT2D eigenvalue weighted by atomic mass is 16.6. The Kier molecular flexibility index (Phi) is 5.13. The van der Waals surface area contributed by atoms with E-state index in [0.717, 1.165) is 17.1 Å². The van der Waals surface area contributed by atoms with Gasteiger partial charge in [-0.2, -0.15) is 0 Å². The molecule has 1 fully saturated rings. The van der Waals surface area contributed by atoms with E-state index >= 15 is 0 Å². The van der Waals surface area contributed by atoms with Crippen molar-refractivity contribution in [2.45, 2.75) is 12.5 Å². The summed E-state index contributed by atoms with van der Waals surface area (Å²) in [6.45, 7) is 1.23. The van der Waals surface area contributed by atoms with Crippen LogP contribution in [0.3, 0.4) is 0 Å². The number of hydrogen-bond donors (Lipinski definition) is 1. The molecule has 1 aromatic heterocycles. The molecule has 0 spiro atoms. The Hall–Kier alpha value is -3.09. The van der Waals surface area contributed by atoms with Crippen molar-refractivity contribution in [1.29, 1.82) is 0 Å². The van der Waals surface area contributed by atoms with E-state index < -0.39 is 18.1 Å². The highest BCUT2D eigenvalue weighted by molar-refractivity contribution is 6.00. The molecule has 1 atom stereocenters. The molecule has 0 saturated carbocycles. The van der Waals surface area contributed by atoms with Gasteiger partial charge in [-0.15, -0.1) is 0 Å². The molecule has 2 amide bonds. The Labute approximate surface area is 145 Å². The van der Waals surface area contributed by atoms with Crippen LogP contribution in [-0.4, -0.2) is 43.3 Å². The molecule has 0 radical (unpaired) electrons. The minimum absolute atomic E-state index is 0.347. The molecule has 0 bridgehead atoms. The smallest absolute Gasteiger partial charge is 0.414 e. The number of amides is 2. The molecule has 1 aromatic carbocycles. The SMILES string of the molecule is CN(CCOc1ccc(CC2OC(=O)NC2=O)cc1)c1ccccn1. The van der Waals surface area contributed by atoms with Gasteiger partial charge in [0, 0.05) is 19.7 Å². The van der Waals surface area contributed by atoms with E-state index in [2.05, 4.69) is 10.3 Å². The Morgan fingerprint density at radius 1 is 1.20 bits per heavy atom. The topological polar surface area (TPSA) is 80.8 Å². The van der Waals surface area contributed by atoms with Gasteiger partial charge in [0.05, 0.1) is 6.54 Å². The Morgan fingerprint density at radius 3 is 2.64 bits per heavy atom. The van der Waals surface area contributed by atoms with Gasteiger partial charge in [-0.1, -0.05) is 18.2 Å². The second-order valence-electron chi connectivity index (χ2n) is 5.69. The minimum Gasteiger partial charge on any atom is -0.492 e. The first-order valence-corrected chi connectivity index (χ1v) is 7.97. The van der Waals surface area contributed by atoms with Gasteiger partial charge in [0.1, 0.15) is 18.2 Å². The zero-order valence-electron chi connectivity index (χ0n) is 13.8. The standard InChI is InChI=1S/C18H19N3O4/c1-21(16-4-2-3-9-19-16)10-11-24-14-7-5-13(6-8-14)12-15-17(22)20-18(23)25-15/h2-9,15H,10-12H2,1H3,(H,20,22,23). The molecule has 0 aliphatic carbocycles. The van der Waals surface area contributed by atoms with Crippen LogP contribution in [0.2, 0.25) is 0 Å². The normalized spacial score (nSPS) is 16.3. The first-order chi connectivity index (χ1) is 12.1. The molecule has 1 N–H and O–H groups in total. The molecule has 7 heteroatoms. The molecule has 130 valence electrons. The number of aromatic nitrogens is 1. The molecule has 1 unspecified atom stereocenters. The van der Waals surface area contributed by atoms with Crippen LogP contribution in [0.15, 0.2) is 48.7 Å². The van der Waals surface area contributed by atoms with E-state index in [4.69, 9.17) is 9.47 Å². The van der Waals surface area contributed by atoms with Crippen molar-refractivity contribution in [3.8, 4) is 5.75 Å². The summed E-state index contributed by atoms with van der Waals surface area (Å²) in [5.74, 6) is 1.24. The highest BCUT2D eigenvalue weighted by Crippen LogP contribution is 2.16. The van der Waals surface area contributed by atoms with E-state index in [1.807, 2.05) is 54.4 Å². The third-order valence-electron chi connectivity index (χ3n) is 3.85. The van der Waals surface area contributed by atoms with Gasteiger partial charge < -0.3 is 14.4 Å². The van der Waals surface area contributed by atoms with Crippen LogP contribution in [0, 0.1) is 0 Å². The van der Waals surface area contributed by atoms with Crippen LogP contribution in [-0.2, 0) is 16.0 Å². The Morgan fingerprint density at radius 2 is 2.00 bits per heavy atom. The van der Waals surface area contributed by atoms with Crippen molar-refractivity contribution in [3.05, 3.63) is 54.2 Å². The molecule has 3 rings (SSSR count). The average molecular weight is 341 g/mol. The predicted octanol–water partition coefficient (Wildman–Crippen LogP) is 1.77. The fraction of sp³-hybridized carbons (Fsp3) is 0.278. The minimum atomic E-state index is -0.758. The summed E-state index contributed by atoms with van der Waals surface area (Å²) in [4.78, 5) is 28.8. The van der Waals surface area contributed by atoms with Gasteiger partial charge in [-0.05, 0) is 29.8 Å². The molecule has 1 aliphatic heterocycles. The maximum atomic E-state index is 11.5. The number of hydrogen-bond acceptors (Lipinski definition) is 6. The summed E-state index contributed by atoms with van der Waals surface area (Å²) in [7, 11) is 1.96.